The molecule has 0 fully saturated rings. The van der Waals surface area contributed by atoms with E-state index in [4.69, 9.17) is 0 Å². The van der Waals surface area contributed by atoms with Crippen LogP contribution in [0.3, 0.4) is 0 Å². The molecule has 8 heteroatoms. The molecule has 0 unspecified atom stereocenters. The summed E-state index contributed by atoms with van der Waals surface area (Å²) in [6, 6.07) is 6.63. The van der Waals surface area contributed by atoms with Gasteiger partial charge in [0.25, 0.3) is 0 Å². The van der Waals surface area contributed by atoms with Crippen molar-refractivity contribution >= 4 is 17.7 Å². The molecule has 0 saturated heterocycles. The van der Waals surface area contributed by atoms with Gasteiger partial charge in [-0.25, -0.2) is 4.39 Å². The maximum Gasteiger partial charge on any atom is 0.191 e. The Labute approximate surface area is 171 Å². The third-order valence-corrected chi connectivity index (χ3v) is 5.23. The molecule has 0 atom stereocenters. The summed E-state index contributed by atoms with van der Waals surface area (Å²) < 4.78 is 15.0. The van der Waals surface area contributed by atoms with Gasteiger partial charge in [-0.2, -0.15) is 0 Å². The average molecular weight is 407 g/mol. The number of aromatic nitrogens is 3. The molecule has 2 aromatic rings. The van der Waals surface area contributed by atoms with E-state index in [0.29, 0.717) is 0 Å². The minimum atomic E-state index is -0.194. The highest BCUT2D eigenvalue weighted by Gasteiger charge is 2.03. The first-order chi connectivity index (χ1) is 13.7. The van der Waals surface area contributed by atoms with Gasteiger partial charge in [-0.05, 0) is 42.9 Å². The fourth-order valence-corrected chi connectivity index (χ4v) is 3.41. The monoisotopic (exact) mass is 406 g/mol. The second-order valence-corrected chi connectivity index (χ2v) is 7.56. The van der Waals surface area contributed by atoms with Crippen LogP contribution in [0.2, 0.25) is 0 Å². The second-order valence-electron chi connectivity index (χ2n) is 6.39. The number of rotatable bonds is 12. The summed E-state index contributed by atoms with van der Waals surface area (Å²) in [5.41, 5.74) is 0. The highest BCUT2D eigenvalue weighted by molar-refractivity contribution is 7.99. The number of benzene rings is 1. The predicted molar refractivity (Wildman–Crippen MR) is 114 cm³/mol. The molecule has 0 amide bonds. The van der Waals surface area contributed by atoms with Gasteiger partial charge in [0.1, 0.15) is 18.0 Å². The Morgan fingerprint density at radius 2 is 1.93 bits per heavy atom. The number of nitrogens with one attached hydrogen (secondary N) is 2. The van der Waals surface area contributed by atoms with E-state index < -0.39 is 0 Å². The van der Waals surface area contributed by atoms with Crippen molar-refractivity contribution in [2.75, 3.05) is 25.4 Å². The Kier molecular flexibility index (Phi) is 10.4. The Bertz CT molecular complexity index is 701. The molecule has 0 saturated carbocycles. The number of halogens is 1. The number of hydrogen-bond donors (Lipinski definition) is 2. The minimum absolute atomic E-state index is 0.194. The number of nitrogens with zero attached hydrogens (tertiary/aromatic N) is 4. The van der Waals surface area contributed by atoms with Crippen LogP contribution in [-0.4, -0.2) is 46.1 Å². The van der Waals surface area contributed by atoms with E-state index in [1.807, 2.05) is 12.1 Å². The van der Waals surface area contributed by atoms with Gasteiger partial charge in [-0.15, -0.1) is 22.0 Å². The number of guanidine groups is 1. The molecule has 0 spiro atoms. The summed E-state index contributed by atoms with van der Waals surface area (Å²) >= 11 is 1.73. The first-order valence-corrected chi connectivity index (χ1v) is 11.0. The van der Waals surface area contributed by atoms with Gasteiger partial charge in [0, 0.05) is 37.5 Å². The van der Waals surface area contributed by atoms with Crippen molar-refractivity contribution in [2.45, 2.75) is 51.0 Å². The van der Waals surface area contributed by atoms with Crippen LogP contribution >= 0.6 is 11.8 Å². The van der Waals surface area contributed by atoms with Crippen LogP contribution in [0.4, 0.5) is 4.39 Å². The van der Waals surface area contributed by atoms with Crippen molar-refractivity contribution < 1.29 is 4.39 Å². The fourth-order valence-electron chi connectivity index (χ4n) is 2.57. The van der Waals surface area contributed by atoms with E-state index in [1.165, 1.54) is 12.1 Å². The Hall–Kier alpha value is -2.09. The highest BCUT2D eigenvalue weighted by Crippen LogP contribution is 2.18. The summed E-state index contributed by atoms with van der Waals surface area (Å²) in [4.78, 5) is 5.77. The molecule has 0 aliphatic heterocycles. The summed E-state index contributed by atoms with van der Waals surface area (Å²) in [6.45, 7) is 7.51. The molecular formula is C20H31FN6S. The summed E-state index contributed by atoms with van der Waals surface area (Å²) in [7, 11) is 0. The van der Waals surface area contributed by atoms with Gasteiger partial charge in [0.15, 0.2) is 5.96 Å². The minimum Gasteiger partial charge on any atom is -0.356 e. The smallest absolute Gasteiger partial charge is 0.191 e. The SMILES string of the molecule is CCCCNC(=NCCCSc1ccc(F)cc1)NCCn1cnnc1CC. The van der Waals surface area contributed by atoms with E-state index in [0.717, 1.165) is 74.3 Å². The molecule has 2 rings (SSSR count). The van der Waals surface area contributed by atoms with Crippen LogP contribution in [0.1, 0.15) is 38.9 Å². The van der Waals surface area contributed by atoms with Gasteiger partial charge in [0.05, 0.1) is 0 Å². The zero-order valence-corrected chi connectivity index (χ0v) is 17.6. The zero-order valence-electron chi connectivity index (χ0n) is 16.8. The molecule has 28 heavy (non-hydrogen) atoms. The lowest BCUT2D eigenvalue weighted by Gasteiger charge is -2.13. The van der Waals surface area contributed by atoms with Crippen molar-refractivity contribution in [3.8, 4) is 0 Å². The Balaban J connectivity index is 1.73. The quantitative estimate of drug-likeness (QED) is 0.244. The number of aryl methyl sites for hydroxylation is 1. The molecule has 2 N–H and O–H groups in total. The molecular weight excluding hydrogens is 375 g/mol. The van der Waals surface area contributed by atoms with E-state index in [2.05, 4.69) is 44.2 Å². The van der Waals surface area contributed by atoms with Crippen LogP contribution in [0.5, 0.6) is 0 Å². The molecule has 1 heterocycles. The first-order valence-electron chi connectivity index (χ1n) is 10.00. The molecule has 0 bridgehead atoms. The van der Waals surface area contributed by atoms with Crippen molar-refractivity contribution in [1.82, 2.24) is 25.4 Å². The zero-order chi connectivity index (χ0) is 20.0. The molecule has 1 aromatic carbocycles. The first kappa shape index (κ1) is 22.2. The number of hydrogen-bond acceptors (Lipinski definition) is 4. The van der Waals surface area contributed by atoms with E-state index in [1.54, 1.807) is 18.1 Å². The summed E-state index contributed by atoms with van der Waals surface area (Å²) in [5.74, 6) is 2.61. The Morgan fingerprint density at radius 3 is 2.68 bits per heavy atom. The van der Waals surface area contributed by atoms with Gasteiger partial charge in [0.2, 0.25) is 0 Å². The average Bonchev–Trinajstić information content (AvgIpc) is 3.16. The molecule has 0 radical (unpaired) electrons. The topological polar surface area (TPSA) is 67.1 Å². The highest BCUT2D eigenvalue weighted by atomic mass is 32.2. The third-order valence-electron chi connectivity index (χ3n) is 4.13. The van der Waals surface area contributed by atoms with Gasteiger partial charge in [-0.3, -0.25) is 4.99 Å². The third kappa shape index (κ3) is 8.29. The van der Waals surface area contributed by atoms with Crippen LogP contribution in [-0.2, 0) is 13.0 Å². The maximum atomic E-state index is 12.9. The maximum absolute atomic E-state index is 12.9. The van der Waals surface area contributed by atoms with Crippen LogP contribution in [0.25, 0.3) is 0 Å². The van der Waals surface area contributed by atoms with Gasteiger partial charge in [-0.1, -0.05) is 20.3 Å². The summed E-state index contributed by atoms with van der Waals surface area (Å²) in [6.07, 6.45) is 5.88. The van der Waals surface area contributed by atoms with Crippen molar-refractivity contribution in [3.05, 3.63) is 42.2 Å². The van der Waals surface area contributed by atoms with Crippen LogP contribution in [0, 0.1) is 5.82 Å². The van der Waals surface area contributed by atoms with Crippen LogP contribution < -0.4 is 10.6 Å². The largest absolute Gasteiger partial charge is 0.356 e. The molecule has 0 aliphatic rings. The Morgan fingerprint density at radius 1 is 1.14 bits per heavy atom. The molecule has 154 valence electrons. The van der Waals surface area contributed by atoms with Gasteiger partial charge >= 0.3 is 0 Å². The van der Waals surface area contributed by atoms with Crippen LogP contribution in [0.15, 0.2) is 40.5 Å². The number of unbranched alkanes of at least 4 members (excludes halogenated alkanes) is 1. The number of thioether (sulfide) groups is 1. The normalized spacial score (nSPS) is 11.6. The lowest BCUT2D eigenvalue weighted by atomic mass is 10.3. The van der Waals surface area contributed by atoms with E-state index in [9.17, 15) is 4.39 Å². The van der Waals surface area contributed by atoms with Gasteiger partial charge < -0.3 is 15.2 Å². The molecule has 0 aliphatic carbocycles. The second kappa shape index (κ2) is 13.1. The predicted octanol–water partition coefficient (Wildman–Crippen LogP) is 3.50. The number of aliphatic imine (C=N–C) groups is 1. The summed E-state index contributed by atoms with van der Waals surface area (Å²) in [5, 5.41) is 14.9. The van der Waals surface area contributed by atoms with Crippen molar-refractivity contribution in [1.29, 1.82) is 0 Å². The molecule has 6 nitrogen and oxygen atoms in total. The lowest BCUT2D eigenvalue weighted by molar-refractivity contribution is 0.626. The standard InChI is InChI=1S/C20H31FN6S/c1-3-5-11-22-20(24-13-14-27-16-25-26-19(27)4-2)23-12-6-15-28-18-9-7-17(21)8-10-18/h7-10,16H,3-6,11-15H2,1-2H3,(H2,22,23,24). The molecule has 1 aromatic heterocycles. The van der Waals surface area contributed by atoms with Crippen molar-refractivity contribution in [2.24, 2.45) is 4.99 Å². The fraction of sp³-hybridized carbons (Fsp3) is 0.550. The van der Waals surface area contributed by atoms with Crippen molar-refractivity contribution in [3.63, 3.8) is 0 Å². The lowest BCUT2D eigenvalue weighted by Crippen LogP contribution is -2.39. The van der Waals surface area contributed by atoms with E-state index >= 15 is 0 Å². The van der Waals surface area contributed by atoms with E-state index in [-0.39, 0.29) is 5.82 Å².